The molecule has 94 valence electrons. The fourth-order valence-electron chi connectivity index (χ4n) is 1.47. The van der Waals surface area contributed by atoms with Crippen molar-refractivity contribution in [1.82, 2.24) is 9.97 Å². The molecule has 0 saturated carbocycles. The summed E-state index contributed by atoms with van der Waals surface area (Å²) in [6.45, 7) is 4.83. The van der Waals surface area contributed by atoms with E-state index in [0.29, 0.717) is 5.95 Å². The van der Waals surface area contributed by atoms with Crippen molar-refractivity contribution in [1.29, 1.82) is 0 Å². The number of hydrogen-bond donors (Lipinski definition) is 1. The summed E-state index contributed by atoms with van der Waals surface area (Å²) in [5, 5.41) is 4.09. The van der Waals surface area contributed by atoms with E-state index in [4.69, 9.17) is 0 Å². The van der Waals surface area contributed by atoms with Crippen molar-refractivity contribution < 1.29 is 0 Å². The highest BCUT2D eigenvalue weighted by molar-refractivity contribution is 9.10. The fraction of sp³-hybridized carbons (Fsp3) is 0.231. The first-order valence-electron chi connectivity index (χ1n) is 5.71. The second-order valence-corrected chi connectivity index (χ2v) is 5.65. The van der Waals surface area contributed by atoms with Gasteiger partial charge in [0.2, 0.25) is 5.95 Å². The van der Waals surface area contributed by atoms with Crippen LogP contribution in [-0.2, 0) is 0 Å². The molecule has 1 aromatic carbocycles. The first-order chi connectivity index (χ1) is 8.69. The third kappa shape index (κ3) is 3.46. The minimum atomic E-state index is 0.687. The number of aryl methyl sites for hydroxylation is 1. The summed E-state index contributed by atoms with van der Waals surface area (Å²) < 4.78 is 1.08. The highest BCUT2D eigenvalue weighted by atomic mass is 79.9. The van der Waals surface area contributed by atoms with Crippen LogP contribution in [0.2, 0.25) is 0 Å². The van der Waals surface area contributed by atoms with Crippen LogP contribution in [-0.4, -0.2) is 16.5 Å². The van der Waals surface area contributed by atoms with Gasteiger partial charge in [0.15, 0.2) is 0 Å². The van der Waals surface area contributed by atoms with Crippen molar-refractivity contribution in [3.63, 3.8) is 0 Å². The highest BCUT2D eigenvalue weighted by Gasteiger charge is 2.05. The van der Waals surface area contributed by atoms with Gasteiger partial charge in [-0.1, -0.05) is 23.9 Å². The van der Waals surface area contributed by atoms with Crippen LogP contribution in [0.5, 0.6) is 0 Å². The average molecular weight is 324 g/mol. The summed E-state index contributed by atoms with van der Waals surface area (Å²) in [7, 11) is 0. The van der Waals surface area contributed by atoms with Gasteiger partial charge in [-0.15, -0.1) is 0 Å². The molecule has 0 aliphatic rings. The van der Waals surface area contributed by atoms with Gasteiger partial charge < -0.3 is 5.32 Å². The maximum atomic E-state index is 4.48. The van der Waals surface area contributed by atoms with Crippen LogP contribution in [0.3, 0.4) is 0 Å². The number of hydrogen-bond acceptors (Lipinski definition) is 4. The van der Waals surface area contributed by atoms with Crippen LogP contribution >= 0.6 is 27.7 Å². The molecule has 0 aliphatic carbocycles. The second-order valence-electron chi connectivity index (χ2n) is 3.73. The molecule has 1 aromatic heterocycles. The number of benzene rings is 1. The van der Waals surface area contributed by atoms with Crippen molar-refractivity contribution in [2.45, 2.75) is 23.8 Å². The topological polar surface area (TPSA) is 37.8 Å². The van der Waals surface area contributed by atoms with Crippen LogP contribution < -0.4 is 5.32 Å². The molecule has 0 bridgehead atoms. The Balaban J connectivity index is 2.26. The van der Waals surface area contributed by atoms with E-state index in [1.165, 1.54) is 0 Å². The van der Waals surface area contributed by atoms with E-state index in [1.807, 2.05) is 38.1 Å². The predicted molar refractivity (Wildman–Crippen MR) is 79.2 cm³/mol. The number of rotatable bonds is 4. The largest absolute Gasteiger partial charge is 0.354 e. The van der Waals surface area contributed by atoms with Crippen molar-refractivity contribution in [2.24, 2.45) is 0 Å². The molecule has 0 atom stereocenters. The molecule has 0 saturated heterocycles. The zero-order chi connectivity index (χ0) is 13.0. The maximum absolute atomic E-state index is 4.48. The Morgan fingerprint density at radius 1 is 1.28 bits per heavy atom. The van der Waals surface area contributed by atoms with Crippen molar-refractivity contribution in [3.8, 4) is 0 Å². The molecule has 5 heteroatoms. The first-order valence-corrected chi connectivity index (χ1v) is 7.32. The molecule has 2 aromatic rings. The molecule has 0 unspecified atom stereocenters. The van der Waals surface area contributed by atoms with Gasteiger partial charge in [-0.2, -0.15) is 0 Å². The smallest absolute Gasteiger partial charge is 0.223 e. The minimum absolute atomic E-state index is 0.687. The van der Waals surface area contributed by atoms with Crippen LogP contribution in [0.25, 0.3) is 0 Å². The summed E-state index contributed by atoms with van der Waals surface area (Å²) in [4.78, 5) is 9.97. The van der Waals surface area contributed by atoms with E-state index >= 15 is 0 Å². The summed E-state index contributed by atoms with van der Waals surface area (Å²) in [6.07, 6.45) is 0. The molecule has 0 fully saturated rings. The normalized spacial score (nSPS) is 10.4. The van der Waals surface area contributed by atoms with E-state index in [1.54, 1.807) is 11.8 Å². The Labute approximate surface area is 120 Å². The summed E-state index contributed by atoms with van der Waals surface area (Å²) in [6, 6.07) is 10.1. The lowest BCUT2D eigenvalue weighted by Crippen LogP contribution is -2.03. The number of nitrogens with one attached hydrogen (secondary N) is 1. The Hall–Kier alpha value is -1.07. The van der Waals surface area contributed by atoms with Crippen molar-refractivity contribution >= 4 is 33.6 Å². The first kappa shape index (κ1) is 13.4. The van der Waals surface area contributed by atoms with E-state index in [9.17, 15) is 0 Å². The molecular weight excluding hydrogens is 310 g/mol. The SMILES string of the molecule is CCNc1nc(C)cc(Sc2ccccc2Br)n1. The highest BCUT2D eigenvalue weighted by Crippen LogP contribution is 2.32. The summed E-state index contributed by atoms with van der Waals surface area (Å²) in [5.41, 5.74) is 0.968. The van der Waals surface area contributed by atoms with Crippen molar-refractivity contribution in [2.75, 3.05) is 11.9 Å². The van der Waals surface area contributed by atoms with Crippen LogP contribution in [0, 0.1) is 6.92 Å². The lowest BCUT2D eigenvalue weighted by atomic mass is 10.4. The molecule has 0 amide bonds. The predicted octanol–water partition coefficient (Wildman–Crippen LogP) is 4.13. The van der Waals surface area contributed by atoms with Gasteiger partial charge in [0, 0.05) is 21.6 Å². The van der Waals surface area contributed by atoms with Gasteiger partial charge in [-0.25, -0.2) is 9.97 Å². The molecule has 2 rings (SSSR count). The number of anilines is 1. The third-order valence-corrected chi connectivity index (χ3v) is 4.16. The van der Waals surface area contributed by atoms with Gasteiger partial charge in [0.1, 0.15) is 5.03 Å². The molecule has 0 spiro atoms. The molecule has 1 heterocycles. The lowest BCUT2D eigenvalue weighted by Gasteiger charge is -2.07. The second kappa shape index (κ2) is 6.20. The monoisotopic (exact) mass is 323 g/mol. The Bertz CT molecular complexity index is 546. The van der Waals surface area contributed by atoms with Crippen LogP contribution in [0.1, 0.15) is 12.6 Å². The van der Waals surface area contributed by atoms with E-state index in [-0.39, 0.29) is 0 Å². The number of nitrogens with zero attached hydrogens (tertiary/aromatic N) is 2. The zero-order valence-corrected chi connectivity index (χ0v) is 12.7. The Morgan fingerprint density at radius 3 is 2.78 bits per heavy atom. The number of halogens is 1. The Kier molecular flexibility index (Phi) is 4.60. The van der Waals surface area contributed by atoms with Gasteiger partial charge in [0.05, 0.1) is 0 Å². The molecule has 18 heavy (non-hydrogen) atoms. The van der Waals surface area contributed by atoms with E-state index in [2.05, 4.69) is 37.3 Å². The molecule has 1 N–H and O–H groups in total. The van der Waals surface area contributed by atoms with Gasteiger partial charge in [-0.05, 0) is 48.0 Å². The van der Waals surface area contributed by atoms with Crippen LogP contribution in [0.4, 0.5) is 5.95 Å². The molecular formula is C13H14BrN3S. The fourth-order valence-corrected chi connectivity index (χ4v) is 2.90. The van der Waals surface area contributed by atoms with E-state index in [0.717, 1.165) is 26.6 Å². The molecule has 0 aliphatic heterocycles. The maximum Gasteiger partial charge on any atom is 0.223 e. The summed E-state index contributed by atoms with van der Waals surface area (Å²) >= 11 is 5.17. The lowest BCUT2D eigenvalue weighted by molar-refractivity contribution is 0.984. The summed E-state index contributed by atoms with van der Waals surface area (Å²) in [5.74, 6) is 0.687. The third-order valence-electron chi connectivity index (χ3n) is 2.22. The quantitative estimate of drug-likeness (QED) is 0.858. The van der Waals surface area contributed by atoms with Gasteiger partial charge in [0.25, 0.3) is 0 Å². The minimum Gasteiger partial charge on any atom is -0.354 e. The van der Waals surface area contributed by atoms with Gasteiger partial charge in [-0.3, -0.25) is 0 Å². The van der Waals surface area contributed by atoms with Gasteiger partial charge >= 0.3 is 0 Å². The van der Waals surface area contributed by atoms with E-state index < -0.39 is 0 Å². The average Bonchev–Trinajstić information content (AvgIpc) is 2.32. The van der Waals surface area contributed by atoms with Crippen molar-refractivity contribution in [3.05, 3.63) is 40.5 Å². The zero-order valence-electron chi connectivity index (χ0n) is 10.3. The van der Waals surface area contributed by atoms with Crippen LogP contribution in [0.15, 0.2) is 44.7 Å². The standard InChI is InChI=1S/C13H14BrN3S/c1-3-15-13-16-9(2)8-12(17-13)18-11-7-5-4-6-10(11)14/h4-8H,3H2,1-2H3,(H,15,16,17). The number of aromatic nitrogens is 2. The molecule has 3 nitrogen and oxygen atoms in total. The Morgan fingerprint density at radius 2 is 2.06 bits per heavy atom. The molecule has 0 radical (unpaired) electrons.